The van der Waals surface area contributed by atoms with E-state index in [4.69, 9.17) is 9.26 Å². The SMILES string of the molecule is Cc1ccc(OCC(O)CNCc2nc(C)no2)cc1. The van der Waals surface area contributed by atoms with E-state index in [0.29, 0.717) is 24.8 Å². The summed E-state index contributed by atoms with van der Waals surface area (Å²) in [5, 5.41) is 16.5. The summed E-state index contributed by atoms with van der Waals surface area (Å²) in [6.07, 6.45) is -0.597. The second kappa shape index (κ2) is 7.02. The molecule has 0 radical (unpaired) electrons. The van der Waals surface area contributed by atoms with Crippen LogP contribution in [0.3, 0.4) is 0 Å². The molecule has 0 spiro atoms. The fourth-order valence-corrected chi connectivity index (χ4v) is 1.64. The van der Waals surface area contributed by atoms with E-state index in [2.05, 4.69) is 15.5 Å². The highest BCUT2D eigenvalue weighted by Gasteiger charge is 2.07. The second-order valence-electron chi connectivity index (χ2n) is 4.64. The van der Waals surface area contributed by atoms with Crippen LogP contribution in [-0.4, -0.2) is 34.5 Å². The van der Waals surface area contributed by atoms with Gasteiger partial charge in [0.25, 0.3) is 0 Å². The molecule has 0 amide bonds. The molecule has 2 aromatic rings. The lowest BCUT2D eigenvalue weighted by Crippen LogP contribution is -2.31. The van der Waals surface area contributed by atoms with Crippen LogP contribution in [-0.2, 0) is 6.54 Å². The molecule has 0 fully saturated rings. The minimum absolute atomic E-state index is 0.235. The maximum absolute atomic E-state index is 9.79. The Kier molecular flexibility index (Phi) is 5.09. The van der Waals surface area contributed by atoms with Crippen molar-refractivity contribution in [3.63, 3.8) is 0 Å². The van der Waals surface area contributed by atoms with Gasteiger partial charge in [-0.15, -0.1) is 0 Å². The molecule has 1 heterocycles. The largest absolute Gasteiger partial charge is 0.491 e. The van der Waals surface area contributed by atoms with E-state index in [-0.39, 0.29) is 6.61 Å². The fourth-order valence-electron chi connectivity index (χ4n) is 1.64. The van der Waals surface area contributed by atoms with Crippen LogP contribution < -0.4 is 10.1 Å². The highest BCUT2D eigenvalue weighted by atomic mass is 16.5. The van der Waals surface area contributed by atoms with Crippen LogP contribution in [0.5, 0.6) is 5.75 Å². The van der Waals surface area contributed by atoms with Crippen molar-refractivity contribution in [2.24, 2.45) is 0 Å². The van der Waals surface area contributed by atoms with Crippen LogP contribution in [0, 0.1) is 13.8 Å². The molecule has 1 aromatic carbocycles. The van der Waals surface area contributed by atoms with Gasteiger partial charge < -0.3 is 19.7 Å². The van der Waals surface area contributed by atoms with Gasteiger partial charge >= 0.3 is 0 Å². The van der Waals surface area contributed by atoms with E-state index in [1.54, 1.807) is 6.92 Å². The molecule has 6 heteroatoms. The summed E-state index contributed by atoms with van der Waals surface area (Å²) in [4.78, 5) is 4.06. The number of hydrogen-bond donors (Lipinski definition) is 2. The highest BCUT2D eigenvalue weighted by molar-refractivity contribution is 5.26. The van der Waals surface area contributed by atoms with Gasteiger partial charge in [-0.1, -0.05) is 22.9 Å². The summed E-state index contributed by atoms with van der Waals surface area (Å²) in [6.45, 7) is 4.84. The average molecular weight is 277 g/mol. The zero-order valence-electron chi connectivity index (χ0n) is 11.7. The number of nitrogens with one attached hydrogen (secondary N) is 1. The third-order valence-corrected chi connectivity index (χ3v) is 2.69. The molecular formula is C14H19N3O3. The summed E-state index contributed by atoms with van der Waals surface area (Å²) in [5.74, 6) is 1.86. The quantitative estimate of drug-likeness (QED) is 0.792. The smallest absolute Gasteiger partial charge is 0.240 e. The summed E-state index contributed by atoms with van der Waals surface area (Å²) in [7, 11) is 0. The topological polar surface area (TPSA) is 80.4 Å². The minimum atomic E-state index is -0.597. The number of aliphatic hydroxyl groups is 1. The lowest BCUT2D eigenvalue weighted by molar-refractivity contribution is 0.105. The zero-order chi connectivity index (χ0) is 14.4. The maximum Gasteiger partial charge on any atom is 0.240 e. The predicted octanol–water partition coefficient (Wildman–Crippen LogP) is 1.22. The van der Waals surface area contributed by atoms with Crippen LogP contribution in [0.25, 0.3) is 0 Å². The average Bonchev–Trinajstić information content (AvgIpc) is 2.84. The molecule has 0 saturated heterocycles. The van der Waals surface area contributed by atoms with Crippen molar-refractivity contribution >= 4 is 0 Å². The van der Waals surface area contributed by atoms with Gasteiger partial charge in [0.05, 0.1) is 6.54 Å². The number of aromatic nitrogens is 2. The van der Waals surface area contributed by atoms with Crippen molar-refractivity contribution in [3.8, 4) is 5.75 Å². The van der Waals surface area contributed by atoms with Crippen LogP contribution in [0.4, 0.5) is 0 Å². The number of benzene rings is 1. The number of rotatable bonds is 7. The van der Waals surface area contributed by atoms with Crippen molar-refractivity contribution < 1.29 is 14.4 Å². The second-order valence-corrected chi connectivity index (χ2v) is 4.64. The van der Waals surface area contributed by atoms with E-state index in [1.807, 2.05) is 31.2 Å². The van der Waals surface area contributed by atoms with E-state index >= 15 is 0 Å². The van der Waals surface area contributed by atoms with E-state index in [0.717, 1.165) is 5.75 Å². The van der Waals surface area contributed by atoms with Gasteiger partial charge in [-0.2, -0.15) is 4.98 Å². The minimum Gasteiger partial charge on any atom is -0.491 e. The van der Waals surface area contributed by atoms with E-state index in [1.165, 1.54) is 5.56 Å². The Hall–Kier alpha value is -1.92. The normalized spacial score (nSPS) is 12.3. The molecule has 6 nitrogen and oxygen atoms in total. The third-order valence-electron chi connectivity index (χ3n) is 2.69. The summed E-state index contributed by atoms with van der Waals surface area (Å²) < 4.78 is 10.4. The van der Waals surface area contributed by atoms with Crippen molar-refractivity contribution in [1.82, 2.24) is 15.5 Å². The number of hydrogen-bond acceptors (Lipinski definition) is 6. The number of aliphatic hydroxyl groups excluding tert-OH is 1. The molecule has 0 bridgehead atoms. The van der Waals surface area contributed by atoms with E-state index < -0.39 is 6.10 Å². The standard InChI is InChI=1S/C14H19N3O3/c1-10-3-5-13(6-4-10)19-9-12(18)7-15-8-14-16-11(2)17-20-14/h3-6,12,15,18H,7-9H2,1-2H3. The number of aryl methyl sites for hydroxylation is 2. The summed E-state index contributed by atoms with van der Waals surface area (Å²) in [6, 6.07) is 7.71. The molecule has 2 N–H and O–H groups in total. The van der Waals surface area contributed by atoms with Gasteiger partial charge in [-0.3, -0.25) is 0 Å². The Labute approximate surface area is 117 Å². The Morgan fingerprint density at radius 3 is 2.70 bits per heavy atom. The van der Waals surface area contributed by atoms with Crippen LogP contribution in [0.1, 0.15) is 17.3 Å². The van der Waals surface area contributed by atoms with Gasteiger partial charge in [0.15, 0.2) is 5.82 Å². The predicted molar refractivity (Wildman–Crippen MR) is 73.4 cm³/mol. The molecule has 0 aliphatic rings. The van der Waals surface area contributed by atoms with Gasteiger partial charge in [0, 0.05) is 6.54 Å². The summed E-state index contributed by atoms with van der Waals surface area (Å²) in [5.41, 5.74) is 1.18. The maximum atomic E-state index is 9.79. The molecule has 1 unspecified atom stereocenters. The molecule has 1 aromatic heterocycles. The Bertz CT molecular complexity index is 525. The first-order valence-corrected chi connectivity index (χ1v) is 6.51. The van der Waals surface area contributed by atoms with Crippen molar-refractivity contribution in [3.05, 3.63) is 41.5 Å². The Morgan fingerprint density at radius 1 is 1.30 bits per heavy atom. The van der Waals surface area contributed by atoms with Crippen molar-refractivity contribution in [2.75, 3.05) is 13.2 Å². The fraction of sp³-hybridized carbons (Fsp3) is 0.429. The molecular weight excluding hydrogens is 258 g/mol. The first kappa shape index (κ1) is 14.5. The molecule has 0 saturated carbocycles. The Balaban J connectivity index is 1.65. The van der Waals surface area contributed by atoms with Gasteiger partial charge in [0.1, 0.15) is 18.5 Å². The lowest BCUT2D eigenvalue weighted by Gasteiger charge is -2.12. The number of nitrogens with zero attached hydrogens (tertiary/aromatic N) is 2. The van der Waals surface area contributed by atoms with Crippen molar-refractivity contribution in [2.45, 2.75) is 26.5 Å². The van der Waals surface area contributed by atoms with Crippen molar-refractivity contribution in [1.29, 1.82) is 0 Å². The lowest BCUT2D eigenvalue weighted by atomic mass is 10.2. The van der Waals surface area contributed by atoms with E-state index in [9.17, 15) is 5.11 Å². The van der Waals surface area contributed by atoms with Crippen LogP contribution in [0.2, 0.25) is 0 Å². The summed E-state index contributed by atoms with van der Waals surface area (Å²) >= 11 is 0. The molecule has 1 atom stereocenters. The Morgan fingerprint density at radius 2 is 2.05 bits per heavy atom. The number of ether oxygens (including phenoxy) is 1. The monoisotopic (exact) mass is 277 g/mol. The van der Waals surface area contributed by atoms with Gasteiger partial charge in [-0.25, -0.2) is 0 Å². The molecule has 108 valence electrons. The van der Waals surface area contributed by atoms with Crippen LogP contribution in [0.15, 0.2) is 28.8 Å². The molecule has 20 heavy (non-hydrogen) atoms. The highest BCUT2D eigenvalue weighted by Crippen LogP contribution is 2.11. The first-order valence-electron chi connectivity index (χ1n) is 6.51. The third kappa shape index (κ3) is 4.64. The molecule has 0 aliphatic heterocycles. The zero-order valence-corrected chi connectivity index (χ0v) is 11.7. The van der Waals surface area contributed by atoms with Gasteiger partial charge in [0.2, 0.25) is 5.89 Å². The molecule has 2 rings (SSSR count). The van der Waals surface area contributed by atoms with Crippen LogP contribution >= 0.6 is 0 Å². The first-order chi connectivity index (χ1) is 9.63. The van der Waals surface area contributed by atoms with Gasteiger partial charge in [-0.05, 0) is 26.0 Å². The molecule has 0 aliphatic carbocycles.